The first-order valence-electron chi connectivity index (χ1n) is 3.99. The quantitative estimate of drug-likeness (QED) is 0.685. The fourth-order valence-corrected chi connectivity index (χ4v) is 1.06. The summed E-state index contributed by atoms with van der Waals surface area (Å²) in [5.74, 6) is -0.571. The molecule has 76 valence electrons. The highest BCUT2D eigenvalue weighted by Gasteiger charge is 2.19. The minimum Gasteiger partial charge on any atom is -0.480 e. The number of carbonyl (C=O) groups is 1. The Labute approximate surface area is 81.4 Å². The fourth-order valence-electron chi connectivity index (χ4n) is 1.06. The Morgan fingerprint density at radius 3 is 2.79 bits per heavy atom. The molecule has 0 bridgehead atoms. The Morgan fingerprint density at radius 1 is 1.64 bits per heavy atom. The first kappa shape index (κ1) is 10.4. The third-order valence-electron chi connectivity index (χ3n) is 1.74. The molecule has 0 aliphatic carbocycles. The second-order valence-corrected chi connectivity index (χ2v) is 3.01. The van der Waals surface area contributed by atoms with E-state index in [9.17, 15) is 4.79 Å². The molecule has 6 nitrogen and oxygen atoms in total. The molecule has 0 saturated heterocycles. The Kier molecular flexibility index (Phi) is 2.98. The van der Waals surface area contributed by atoms with E-state index < -0.39 is 12.0 Å². The van der Waals surface area contributed by atoms with Crippen LogP contribution in [-0.4, -0.2) is 35.1 Å². The van der Waals surface area contributed by atoms with Crippen molar-refractivity contribution in [3.8, 4) is 0 Å². The van der Waals surface area contributed by atoms with E-state index in [1.165, 1.54) is 12.5 Å². The van der Waals surface area contributed by atoms with Crippen LogP contribution in [0.4, 0.5) is 5.82 Å². The standard InChI is InChI=1S/C8H12N4O2/c1-12(2)7-5(3-10-4-11-7)6(9)8(13)14/h3-4,6H,9H2,1-2H3,(H,13,14). The number of nitrogens with zero attached hydrogens (tertiary/aromatic N) is 3. The normalized spacial score (nSPS) is 12.2. The lowest BCUT2D eigenvalue weighted by Gasteiger charge is -2.16. The molecule has 1 atom stereocenters. The summed E-state index contributed by atoms with van der Waals surface area (Å²) in [5.41, 5.74) is 5.88. The maximum Gasteiger partial charge on any atom is 0.325 e. The summed E-state index contributed by atoms with van der Waals surface area (Å²) in [6.45, 7) is 0. The molecule has 6 heteroatoms. The number of hydrogen-bond acceptors (Lipinski definition) is 5. The third kappa shape index (κ3) is 1.97. The van der Waals surface area contributed by atoms with Gasteiger partial charge in [0.1, 0.15) is 18.2 Å². The van der Waals surface area contributed by atoms with E-state index in [4.69, 9.17) is 10.8 Å². The molecular weight excluding hydrogens is 184 g/mol. The monoisotopic (exact) mass is 196 g/mol. The number of hydrogen-bond donors (Lipinski definition) is 2. The van der Waals surface area contributed by atoms with Crippen molar-refractivity contribution < 1.29 is 9.90 Å². The number of aliphatic carboxylic acids is 1. The minimum atomic E-state index is -1.09. The number of carboxylic acid groups (broad SMARTS) is 1. The molecule has 0 saturated carbocycles. The van der Waals surface area contributed by atoms with Gasteiger partial charge >= 0.3 is 5.97 Å². The van der Waals surface area contributed by atoms with E-state index in [0.717, 1.165) is 0 Å². The summed E-state index contributed by atoms with van der Waals surface area (Å²) in [6.07, 6.45) is 2.77. The Morgan fingerprint density at radius 2 is 2.29 bits per heavy atom. The van der Waals surface area contributed by atoms with Crippen molar-refractivity contribution in [3.05, 3.63) is 18.1 Å². The SMILES string of the molecule is CN(C)c1ncncc1C(N)C(=O)O. The van der Waals surface area contributed by atoms with Gasteiger partial charge < -0.3 is 15.7 Å². The predicted molar refractivity (Wildman–Crippen MR) is 50.9 cm³/mol. The summed E-state index contributed by atoms with van der Waals surface area (Å²) in [7, 11) is 3.53. The van der Waals surface area contributed by atoms with Crippen molar-refractivity contribution in [2.75, 3.05) is 19.0 Å². The zero-order valence-electron chi connectivity index (χ0n) is 8.01. The van der Waals surface area contributed by atoms with Gasteiger partial charge in [0.2, 0.25) is 0 Å². The molecule has 1 unspecified atom stereocenters. The molecule has 3 N–H and O–H groups in total. The Bertz CT molecular complexity index is 340. The van der Waals surface area contributed by atoms with E-state index in [-0.39, 0.29) is 0 Å². The van der Waals surface area contributed by atoms with Crippen LogP contribution in [0, 0.1) is 0 Å². The van der Waals surface area contributed by atoms with Gasteiger partial charge in [-0.2, -0.15) is 0 Å². The molecule has 0 radical (unpaired) electrons. The Balaban J connectivity index is 3.13. The molecule has 0 fully saturated rings. The van der Waals surface area contributed by atoms with Gasteiger partial charge in [0.25, 0.3) is 0 Å². The predicted octanol–water partition coefficient (Wildman–Crippen LogP) is -0.373. The maximum absolute atomic E-state index is 10.7. The number of anilines is 1. The van der Waals surface area contributed by atoms with E-state index in [2.05, 4.69) is 9.97 Å². The molecular formula is C8H12N4O2. The number of aromatic nitrogens is 2. The van der Waals surface area contributed by atoms with Gasteiger partial charge in [-0.05, 0) is 0 Å². The van der Waals surface area contributed by atoms with Crippen molar-refractivity contribution in [2.24, 2.45) is 5.73 Å². The van der Waals surface area contributed by atoms with Crippen LogP contribution in [0.2, 0.25) is 0 Å². The zero-order valence-corrected chi connectivity index (χ0v) is 8.01. The van der Waals surface area contributed by atoms with Gasteiger partial charge in [-0.25, -0.2) is 9.97 Å². The molecule has 0 amide bonds. The molecule has 0 aliphatic heterocycles. The van der Waals surface area contributed by atoms with Crippen LogP contribution < -0.4 is 10.6 Å². The van der Waals surface area contributed by atoms with Crippen molar-refractivity contribution in [2.45, 2.75) is 6.04 Å². The second kappa shape index (κ2) is 4.01. The molecule has 0 aliphatic rings. The molecule has 14 heavy (non-hydrogen) atoms. The summed E-state index contributed by atoms with van der Waals surface area (Å²) in [4.78, 5) is 20.1. The smallest absolute Gasteiger partial charge is 0.325 e. The van der Waals surface area contributed by atoms with Gasteiger partial charge in [-0.1, -0.05) is 0 Å². The first-order chi connectivity index (χ1) is 6.54. The molecule has 1 heterocycles. The average molecular weight is 196 g/mol. The lowest BCUT2D eigenvalue weighted by molar-refractivity contribution is -0.138. The third-order valence-corrected chi connectivity index (χ3v) is 1.74. The van der Waals surface area contributed by atoms with Crippen LogP contribution in [-0.2, 0) is 4.79 Å². The van der Waals surface area contributed by atoms with Crippen molar-refractivity contribution >= 4 is 11.8 Å². The largest absolute Gasteiger partial charge is 0.480 e. The van der Waals surface area contributed by atoms with E-state index in [1.807, 2.05) is 0 Å². The molecule has 1 aromatic heterocycles. The van der Waals surface area contributed by atoms with Crippen LogP contribution in [0.25, 0.3) is 0 Å². The van der Waals surface area contributed by atoms with Crippen LogP contribution in [0.1, 0.15) is 11.6 Å². The van der Waals surface area contributed by atoms with Gasteiger partial charge in [0.15, 0.2) is 0 Å². The molecule has 0 aromatic carbocycles. The molecule has 1 aromatic rings. The molecule has 1 rings (SSSR count). The van der Waals surface area contributed by atoms with Gasteiger partial charge in [0, 0.05) is 25.9 Å². The van der Waals surface area contributed by atoms with Crippen LogP contribution in [0.3, 0.4) is 0 Å². The van der Waals surface area contributed by atoms with Crippen LogP contribution in [0.5, 0.6) is 0 Å². The highest BCUT2D eigenvalue weighted by molar-refractivity contribution is 5.77. The lowest BCUT2D eigenvalue weighted by atomic mass is 10.1. The van der Waals surface area contributed by atoms with Gasteiger partial charge in [0.05, 0.1) is 0 Å². The van der Waals surface area contributed by atoms with Crippen molar-refractivity contribution in [1.29, 1.82) is 0 Å². The van der Waals surface area contributed by atoms with E-state index in [1.54, 1.807) is 19.0 Å². The van der Waals surface area contributed by atoms with Crippen LogP contribution >= 0.6 is 0 Å². The number of rotatable bonds is 3. The maximum atomic E-state index is 10.7. The van der Waals surface area contributed by atoms with E-state index in [0.29, 0.717) is 11.4 Å². The Hall–Kier alpha value is -1.69. The van der Waals surface area contributed by atoms with Crippen molar-refractivity contribution in [1.82, 2.24) is 9.97 Å². The summed E-state index contributed by atoms with van der Waals surface area (Å²) < 4.78 is 0. The van der Waals surface area contributed by atoms with Gasteiger partial charge in [-0.3, -0.25) is 4.79 Å². The summed E-state index contributed by atoms with van der Waals surface area (Å²) in [6, 6.07) is -1.09. The highest BCUT2D eigenvalue weighted by Crippen LogP contribution is 2.19. The highest BCUT2D eigenvalue weighted by atomic mass is 16.4. The van der Waals surface area contributed by atoms with Crippen LogP contribution in [0.15, 0.2) is 12.5 Å². The van der Waals surface area contributed by atoms with Gasteiger partial charge in [-0.15, -0.1) is 0 Å². The van der Waals surface area contributed by atoms with Crippen molar-refractivity contribution in [3.63, 3.8) is 0 Å². The topological polar surface area (TPSA) is 92.3 Å². The zero-order chi connectivity index (χ0) is 10.7. The lowest BCUT2D eigenvalue weighted by Crippen LogP contribution is -2.24. The second-order valence-electron chi connectivity index (χ2n) is 3.01. The van der Waals surface area contributed by atoms with E-state index >= 15 is 0 Å². The minimum absolute atomic E-state index is 0.407. The number of nitrogens with two attached hydrogens (primary N) is 1. The summed E-state index contributed by atoms with van der Waals surface area (Å²) >= 11 is 0. The first-order valence-corrected chi connectivity index (χ1v) is 3.99. The molecule has 0 spiro atoms. The average Bonchev–Trinajstić information content (AvgIpc) is 2.16. The summed E-state index contributed by atoms with van der Waals surface area (Å²) in [5, 5.41) is 8.74. The number of carboxylic acids is 1. The fraction of sp³-hybridized carbons (Fsp3) is 0.375.